The van der Waals surface area contributed by atoms with Crippen LogP contribution in [-0.4, -0.2) is 25.3 Å². The zero-order chi connectivity index (χ0) is 13.1. The number of ether oxygens (including phenoxy) is 1. The smallest absolute Gasteiger partial charge is 0.264 e. The molecule has 0 saturated carbocycles. The maximum Gasteiger partial charge on any atom is 0.264 e. The molecule has 0 spiro atoms. The molecule has 0 saturated heterocycles. The molecule has 0 aliphatic heterocycles. The predicted octanol–water partition coefficient (Wildman–Crippen LogP) is 1.54. The Balaban J connectivity index is 2.55. The zero-order valence-electron chi connectivity index (χ0n) is 9.93. The molecule has 5 nitrogen and oxygen atoms in total. The van der Waals surface area contributed by atoms with Crippen molar-refractivity contribution in [3.8, 4) is 5.75 Å². The van der Waals surface area contributed by atoms with Crippen molar-refractivity contribution in [3.63, 3.8) is 0 Å². The van der Waals surface area contributed by atoms with Crippen LogP contribution in [0.3, 0.4) is 0 Å². The molecule has 0 heterocycles. The molecule has 17 heavy (non-hydrogen) atoms. The van der Waals surface area contributed by atoms with Gasteiger partial charge in [-0.3, -0.25) is 4.55 Å². The second-order valence-electron chi connectivity index (χ2n) is 3.96. The minimum absolute atomic E-state index is 0.225. The van der Waals surface area contributed by atoms with Gasteiger partial charge in [0.2, 0.25) is 0 Å². The molecule has 0 aliphatic carbocycles. The lowest BCUT2D eigenvalue weighted by Gasteiger charge is -2.11. The summed E-state index contributed by atoms with van der Waals surface area (Å²) in [5.41, 5.74) is 8.31. The van der Waals surface area contributed by atoms with Crippen LogP contribution in [0.2, 0.25) is 0 Å². The first-order valence-electron chi connectivity index (χ1n) is 5.24. The van der Waals surface area contributed by atoms with Crippen molar-refractivity contribution >= 4 is 15.8 Å². The van der Waals surface area contributed by atoms with Crippen molar-refractivity contribution in [3.05, 3.63) is 23.3 Å². The highest BCUT2D eigenvalue weighted by Crippen LogP contribution is 2.24. The fourth-order valence-electron chi connectivity index (χ4n) is 1.43. The average Bonchev–Trinajstić information content (AvgIpc) is 2.18. The summed E-state index contributed by atoms with van der Waals surface area (Å²) in [6.45, 7) is 4.03. The maximum absolute atomic E-state index is 10.5. The monoisotopic (exact) mass is 259 g/mol. The fraction of sp³-hybridized carbons (Fsp3) is 0.455. The maximum atomic E-state index is 10.5. The van der Waals surface area contributed by atoms with Gasteiger partial charge in [-0.05, 0) is 31.4 Å². The second-order valence-corrected chi connectivity index (χ2v) is 5.53. The Labute approximate surface area is 101 Å². The molecule has 6 heteroatoms. The van der Waals surface area contributed by atoms with Gasteiger partial charge in [-0.1, -0.05) is 6.07 Å². The molecular formula is C11H17NO4S. The van der Waals surface area contributed by atoms with Crippen LogP contribution in [0.15, 0.2) is 12.1 Å². The molecule has 0 aliphatic rings. The highest BCUT2D eigenvalue weighted by atomic mass is 32.2. The Morgan fingerprint density at radius 3 is 2.53 bits per heavy atom. The summed E-state index contributed by atoms with van der Waals surface area (Å²) >= 11 is 0. The molecule has 0 bridgehead atoms. The Bertz CT molecular complexity index is 496. The third kappa shape index (κ3) is 4.62. The largest absolute Gasteiger partial charge is 0.493 e. The molecule has 0 amide bonds. The van der Waals surface area contributed by atoms with Gasteiger partial charge < -0.3 is 10.5 Å². The standard InChI is InChI=1S/C11H17NO4S/c1-8-6-9(2)11(7-10(8)12)16-4-3-5-17(13,14)15/h6-7H,3-5,12H2,1-2H3,(H,13,14,15). The first-order valence-corrected chi connectivity index (χ1v) is 6.85. The summed E-state index contributed by atoms with van der Waals surface area (Å²) in [5.74, 6) is 0.344. The van der Waals surface area contributed by atoms with E-state index in [0.29, 0.717) is 11.4 Å². The van der Waals surface area contributed by atoms with Gasteiger partial charge >= 0.3 is 0 Å². The summed E-state index contributed by atoms with van der Waals surface area (Å²) in [4.78, 5) is 0. The normalized spacial score (nSPS) is 11.5. The molecule has 0 unspecified atom stereocenters. The molecule has 3 N–H and O–H groups in total. The molecule has 1 aromatic rings. The molecule has 0 radical (unpaired) electrons. The SMILES string of the molecule is Cc1cc(C)c(OCCCS(=O)(=O)O)cc1N. The topological polar surface area (TPSA) is 89.6 Å². The van der Waals surface area contributed by atoms with Gasteiger partial charge in [0.15, 0.2) is 0 Å². The van der Waals surface area contributed by atoms with Crippen LogP contribution in [0.5, 0.6) is 5.75 Å². The minimum atomic E-state index is -3.91. The first-order chi connectivity index (χ1) is 7.79. The number of aryl methyl sites for hydroxylation is 2. The minimum Gasteiger partial charge on any atom is -0.493 e. The summed E-state index contributed by atoms with van der Waals surface area (Å²) in [6.07, 6.45) is 0.242. The number of rotatable bonds is 5. The van der Waals surface area contributed by atoms with Gasteiger partial charge in [-0.15, -0.1) is 0 Å². The van der Waals surface area contributed by atoms with Gasteiger partial charge in [0.25, 0.3) is 10.1 Å². The lowest BCUT2D eigenvalue weighted by molar-refractivity contribution is 0.314. The van der Waals surface area contributed by atoms with Gasteiger partial charge in [0.05, 0.1) is 12.4 Å². The first kappa shape index (κ1) is 13.8. The second kappa shape index (κ2) is 5.37. The summed E-state index contributed by atoms with van der Waals surface area (Å²) in [7, 11) is -3.91. The number of hydrogen-bond donors (Lipinski definition) is 2. The van der Waals surface area contributed by atoms with Crippen LogP contribution in [0.4, 0.5) is 5.69 Å². The molecule has 0 aromatic heterocycles. The molecular weight excluding hydrogens is 242 g/mol. The number of anilines is 1. The lowest BCUT2D eigenvalue weighted by atomic mass is 10.1. The lowest BCUT2D eigenvalue weighted by Crippen LogP contribution is -2.09. The molecule has 96 valence electrons. The van der Waals surface area contributed by atoms with Crippen LogP contribution in [0, 0.1) is 13.8 Å². The molecule has 0 fully saturated rings. The van der Waals surface area contributed by atoms with Gasteiger partial charge in [0, 0.05) is 11.8 Å². The Hall–Kier alpha value is -1.27. The molecule has 0 atom stereocenters. The van der Waals surface area contributed by atoms with E-state index in [0.717, 1.165) is 11.1 Å². The van der Waals surface area contributed by atoms with E-state index in [9.17, 15) is 8.42 Å². The number of benzene rings is 1. The predicted molar refractivity (Wildman–Crippen MR) is 66.9 cm³/mol. The Morgan fingerprint density at radius 2 is 1.94 bits per heavy atom. The van der Waals surface area contributed by atoms with Gasteiger partial charge in [-0.2, -0.15) is 8.42 Å². The van der Waals surface area contributed by atoms with E-state index < -0.39 is 10.1 Å². The van der Waals surface area contributed by atoms with E-state index in [1.54, 1.807) is 6.07 Å². The highest BCUT2D eigenvalue weighted by molar-refractivity contribution is 7.85. The van der Waals surface area contributed by atoms with Crippen molar-refractivity contribution in [1.29, 1.82) is 0 Å². The number of nitrogen functional groups attached to an aromatic ring is 1. The van der Waals surface area contributed by atoms with Crippen LogP contribution in [0.25, 0.3) is 0 Å². The third-order valence-corrected chi connectivity index (χ3v) is 3.17. The third-order valence-electron chi connectivity index (χ3n) is 2.37. The van der Waals surface area contributed by atoms with E-state index in [1.807, 2.05) is 19.9 Å². The van der Waals surface area contributed by atoms with E-state index in [-0.39, 0.29) is 18.8 Å². The van der Waals surface area contributed by atoms with Crippen molar-refractivity contribution in [1.82, 2.24) is 0 Å². The van der Waals surface area contributed by atoms with Crippen molar-refractivity contribution in [2.45, 2.75) is 20.3 Å². The van der Waals surface area contributed by atoms with E-state index in [4.69, 9.17) is 15.0 Å². The van der Waals surface area contributed by atoms with Crippen molar-refractivity contribution < 1.29 is 17.7 Å². The van der Waals surface area contributed by atoms with E-state index in [1.165, 1.54) is 0 Å². The zero-order valence-corrected chi connectivity index (χ0v) is 10.8. The van der Waals surface area contributed by atoms with Crippen molar-refractivity contribution in [2.24, 2.45) is 0 Å². The number of nitrogens with two attached hydrogens (primary N) is 1. The molecule has 1 rings (SSSR count). The highest BCUT2D eigenvalue weighted by Gasteiger charge is 2.06. The summed E-state index contributed by atoms with van der Waals surface area (Å²) in [6, 6.07) is 3.63. The van der Waals surface area contributed by atoms with Crippen LogP contribution in [0.1, 0.15) is 17.5 Å². The van der Waals surface area contributed by atoms with Crippen LogP contribution in [-0.2, 0) is 10.1 Å². The van der Waals surface area contributed by atoms with Gasteiger partial charge in [0.1, 0.15) is 5.75 Å². The summed E-state index contributed by atoms with van der Waals surface area (Å²) < 4.78 is 34.9. The number of hydrogen-bond acceptors (Lipinski definition) is 4. The summed E-state index contributed by atoms with van der Waals surface area (Å²) in [5, 5.41) is 0. The van der Waals surface area contributed by atoms with E-state index in [2.05, 4.69) is 0 Å². The van der Waals surface area contributed by atoms with E-state index >= 15 is 0 Å². The molecule has 1 aromatic carbocycles. The van der Waals surface area contributed by atoms with Crippen LogP contribution < -0.4 is 10.5 Å². The quantitative estimate of drug-likeness (QED) is 0.475. The van der Waals surface area contributed by atoms with Crippen molar-refractivity contribution in [2.75, 3.05) is 18.1 Å². The average molecular weight is 259 g/mol. The Morgan fingerprint density at radius 1 is 1.29 bits per heavy atom. The van der Waals surface area contributed by atoms with Gasteiger partial charge in [-0.25, -0.2) is 0 Å². The van der Waals surface area contributed by atoms with Crippen LogP contribution >= 0.6 is 0 Å². The fourth-order valence-corrected chi connectivity index (χ4v) is 1.91. The Kier molecular flexibility index (Phi) is 4.36.